The van der Waals surface area contributed by atoms with Crippen molar-refractivity contribution >= 4 is 75.4 Å². The molecule has 3 heterocycles. The standard InChI is InChI=1S/C72H49N3S/c1-4-23-50(24-5-1)51-25-18-26-52(47-51)53-27-19-28-54(48-53)74-65-41-16-12-37-61(65)71-67(74)43-21-44-68(71)75-66-42-17-13-38-62(66)72-69(75)45-22-46-70(72)76(56-30-6-2-7-31-56,57-32-8-3-9-33-57)58-34-20-29-55(49-58)73-63-39-14-10-35-59(63)60-36-11-15-40-64(60)73/h1-49H. The van der Waals surface area contributed by atoms with Gasteiger partial charge in [-0.15, -0.1) is 10.0 Å². The average molecular weight is 988 g/mol. The number of aromatic nitrogens is 3. The van der Waals surface area contributed by atoms with Gasteiger partial charge in [0.05, 0.1) is 38.8 Å². The quantitative estimate of drug-likeness (QED) is 0.137. The Bertz CT molecular complexity index is 4610. The summed E-state index contributed by atoms with van der Waals surface area (Å²) in [6, 6.07) is 110. The number of nitrogens with zero attached hydrogens (tertiary/aromatic N) is 3. The fraction of sp³-hybridized carbons (Fsp3) is 0. The van der Waals surface area contributed by atoms with Crippen LogP contribution in [0.25, 0.3) is 105 Å². The maximum Gasteiger partial charge on any atom is 0.0562 e. The van der Waals surface area contributed by atoms with Gasteiger partial charge < -0.3 is 13.7 Å². The minimum atomic E-state index is -2.20. The van der Waals surface area contributed by atoms with Gasteiger partial charge in [-0.25, -0.2) is 0 Å². The summed E-state index contributed by atoms with van der Waals surface area (Å²) >= 11 is 0. The van der Waals surface area contributed by atoms with Crippen LogP contribution in [0, 0.1) is 0 Å². The van der Waals surface area contributed by atoms with Gasteiger partial charge in [0.25, 0.3) is 0 Å². The topological polar surface area (TPSA) is 14.8 Å². The molecule has 0 saturated carbocycles. The van der Waals surface area contributed by atoms with Crippen LogP contribution in [0.4, 0.5) is 0 Å². The SMILES string of the molecule is c1ccc(-c2cccc(-c3cccc(-n4c5ccccc5c5c(-n6c7ccccc7c7c(S(c8ccccc8)(c8ccccc8)c8cccc(-n9c%10ccccc%10c%10ccccc%109)c8)cccc76)cccc54)c3)c2)cc1. The highest BCUT2D eigenvalue weighted by Gasteiger charge is 2.36. The van der Waals surface area contributed by atoms with Gasteiger partial charge >= 0.3 is 0 Å². The zero-order valence-electron chi connectivity index (χ0n) is 41.5. The van der Waals surface area contributed by atoms with Crippen LogP contribution in [0.2, 0.25) is 0 Å². The molecule has 0 bridgehead atoms. The van der Waals surface area contributed by atoms with E-state index in [4.69, 9.17) is 0 Å². The summed E-state index contributed by atoms with van der Waals surface area (Å²) in [5.41, 5.74) is 15.3. The second-order valence-electron chi connectivity index (χ2n) is 19.6. The lowest BCUT2D eigenvalue weighted by atomic mass is 9.99. The predicted molar refractivity (Wildman–Crippen MR) is 320 cm³/mol. The molecule has 76 heavy (non-hydrogen) atoms. The minimum absolute atomic E-state index is 1.12. The van der Waals surface area contributed by atoms with Crippen LogP contribution in [0.15, 0.2) is 317 Å². The molecule has 0 N–H and O–H groups in total. The molecule has 3 aromatic heterocycles. The number of para-hydroxylation sites is 4. The van der Waals surface area contributed by atoms with Crippen molar-refractivity contribution in [1.82, 2.24) is 13.7 Å². The van der Waals surface area contributed by atoms with E-state index in [1.807, 2.05) is 0 Å². The molecule has 12 aromatic carbocycles. The van der Waals surface area contributed by atoms with Crippen LogP contribution in [-0.2, 0) is 0 Å². The maximum atomic E-state index is 2.55. The Balaban J connectivity index is 0.984. The fourth-order valence-corrected chi connectivity index (χ4v) is 16.4. The number of rotatable bonds is 9. The second-order valence-corrected chi connectivity index (χ2v) is 22.7. The fourth-order valence-electron chi connectivity index (χ4n) is 12.4. The van der Waals surface area contributed by atoms with Gasteiger partial charge in [-0.3, -0.25) is 0 Å². The largest absolute Gasteiger partial charge is 0.309 e. The summed E-state index contributed by atoms with van der Waals surface area (Å²) in [6.07, 6.45) is 0. The monoisotopic (exact) mass is 987 g/mol. The minimum Gasteiger partial charge on any atom is -0.309 e. The third-order valence-electron chi connectivity index (χ3n) is 15.5. The lowest BCUT2D eigenvalue weighted by Crippen LogP contribution is -2.07. The lowest BCUT2D eigenvalue weighted by Gasteiger charge is -2.42. The Morgan fingerprint density at radius 1 is 0.224 bits per heavy atom. The predicted octanol–water partition coefficient (Wildman–Crippen LogP) is 19.7. The first-order valence-electron chi connectivity index (χ1n) is 26.1. The van der Waals surface area contributed by atoms with Crippen molar-refractivity contribution in [2.75, 3.05) is 0 Å². The van der Waals surface area contributed by atoms with E-state index in [9.17, 15) is 0 Å². The molecule has 3 nitrogen and oxygen atoms in total. The van der Waals surface area contributed by atoms with E-state index < -0.39 is 10.0 Å². The summed E-state index contributed by atoms with van der Waals surface area (Å²) in [6.45, 7) is 0. The molecule has 0 aliphatic rings. The Labute approximate surface area is 442 Å². The van der Waals surface area contributed by atoms with Gasteiger partial charge in [0.15, 0.2) is 0 Å². The molecule has 0 aliphatic heterocycles. The maximum absolute atomic E-state index is 2.55. The van der Waals surface area contributed by atoms with E-state index in [-0.39, 0.29) is 0 Å². The van der Waals surface area contributed by atoms with Crippen molar-refractivity contribution < 1.29 is 0 Å². The molecule has 0 spiro atoms. The Kier molecular flexibility index (Phi) is 10.3. The first kappa shape index (κ1) is 43.9. The van der Waals surface area contributed by atoms with E-state index >= 15 is 0 Å². The first-order valence-corrected chi connectivity index (χ1v) is 27.7. The van der Waals surface area contributed by atoms with Gasteiger partial charge in [-0.2, -0.15) is 0 Å². The van der Waals surface area contributed by atoms with Crippen LogP contribution in [0.3, 0.4) is 0 Å². The third kappa shape index (κ3) is 6.71. The molecule has 15 rings (SSSR count). The van der Waals surface area contributed by atoms with Crippen LogP contribution in [-0.4, -0.2) is 13.7 Å². The lowest BCUT2D eigenvalue weighted by molar-refractivity contribution is 1.15. The second kappa shape index (κ2) is 17.8. The number of hydrogen-bond donors (Lipinski definition) is 0. The Morgan fingerprint density at radius 3 is 1.24 bits per heavy atom. The van der Waals surface area contributed by atoms with E-state index in [2.05, 4.69) is 311 Å². The van der Waals surface area contributed by atoms with Gasteiger partial charge in [-0.1, -0.05) is 188 Å². The van der Waals surface area contributed by atoms with E-state index in [0.29, 0.717) is 0 Å². The normalized spacial score (nSPS) is 12.2. The molecule has 0 amide bonds. The van der Waals surface area contributed by atoms with Crippen LogP contribution < -0.4 is 0 Å². The van der Waals surface area contributed by atoms with E-state index in [0.717, 1.165) is 22.6 Å². The van der Waals surface area contributed by atoms with Crippen molar-refractivity contribution in [3.63, 3.8) is 0 Å². The van der Waals surface area contributed by atoms with Crippen LogP contribution in [0.1, 0.15) is 0 Å². The molecular formula is C72H49N3S. The van der Waals surface area contributed by atoms with Crippen LogP contribution >= 0.6 is 10.0 Å². The highest BCUT2D eigenvalue weighted by atomic mass is 32.3. The summed E-state index contributed by atoms with van der Waals surface area (Å²) < 4.78 is 7.47. The molecular weight excluding hydrogens is 939 g/mol. The van der Waals surface area contributed by atoms with Crippen molar-refractivity contribution in [2.24, 2.45) is 0 Å². The highest BCUT2D eigenvalue weighted by Crippen LogP contribution is 2.75. The summed E-state index contributed by atoms with van der Waals surface area (Å²) in [5.74, 6) is 0. The molecule has 0 radical (unpaired) electrons. The van der Waals surface area contributed by atoms with Crippen LogP contribution in [0.5, 0.6) is 0 Å². The van der Waals surface area contributed by atoms with Crippen molar-refractivity contribution in [1.29, 1.82) is 0 Å². The number of hydrogen-bond acceptors (Lipinski definition) is 0. The summed E-state index contributed by atoms with van der Waals surface area (Å²) in [7, 11) is -2.20. The third-order valence-corrected chi connectivity index (χ3v) is 19.4. The number of fused-ring (bicyclic) bond motifs is 9. The van der Waals surface area contributed by atoms with E-state index in [1.54, 1.807) is 0 Å². The Hall–Kier alpha value is -9.61. The average Bonchev–Trinajstić information content (AvgIpc) is 4.22. The number of benzene rings is 12. The summed E-state index contributed by atoms with van der Waals surface area (Å²) in [5, 5.41) is 7.41. The van der Waals surface area contributed by atoms with Gasteiger partial charge in [0, 0.05) is 63.3 Å². The van der Waals surface area contributed by atoms with Crippen molar-refractivity contribution in [2.45, 2.75) is 19.6 Å². The zero-order chi connectivity index (χ0) is 50.2. The Morgan fingerprint density at radius 2 is 0.605 bits per heavy atom. The molecule has 358 valence electrons. The smallest absolute Gasteiger partial charge is 0.0562 e. The highest BCUT2D eigenvalue weighted by molar-refractivity contribution is 8.34. The molecule has 0 unspecified atom stereocenters. The van der Waals surface area contributed by atoms with Crippen molar-refractivity contribution in [3.05, 3.63) is 297 Å². The molecule has 4 heteroatoms. The molecule has 0 fully saturated rings. The first-order chi connectivity index (χ1) is 37.7. The molecule has 15 aromatic rings. The van der Waals surface area contributed by atoms with Gasteiger partial charge in [0.1, 0.15) is 0 Å². The van der Waals surface area contributed by atoms with Crippen molar-refractivity contribution in [3.8, 4) is 39.3 Å². The van der Waals surface area contributed by atoms with E-state index in [1.165, 1.54) is 102 Å². The van der Waals surface area contributed by atoms with Gasteiger partial charge in [0.2, 0.25) is 0 Å². The molecule has 0 saturated heterocycles. The molecule has 0 atom stereocenters. The van der Waals surface area contributed by atoms with Gasteiger partial charge in [-0.05, 0) is 131 Å². The zero-order valence-corrected chi connectivity index (χ0v) is 42.4. The molecule has 0 aliphatic carbocycles. The summed E-state index contributed by atoms with van der Waals surface area (Å²) in [4.78, 5) is 5.14.